The van der Waals surface area contributed by atoms with Crippen molar-refractivity contribution in [2.45, 2.75) is 26.2 Å². The first-order valence-electron chi connectivity index (χ1n) is 6.87. The molecule has 1 unspecified atom stereocenters. The molecule has 0 aliphatic rings. The zero-order valence-corrected chi connectivity index (χ0v) is 11.8. The highest BCUT2D eigenvalue weighted by Crippen LogP contribution is 2.11. The first kappa shape index (κ1) is 16.4. The fourth-order valence-corrected chi connectivity index (χ4v) is 1.68. The van der Waals surface area contributed by atoms with Gasteiger partial charge in [0.05, 0.1) is 13.0 Å². The minimum absolute atomic E-state index is 0.0851. The normalized spacial score (nSPS) is 11.9. The lowest BCUT2D eigenvalue weighted by Gasteiger charge is -2.09. The number of hydrogen-bond acceptors (Lipinski definition) is 3. The molecule has 0 fully saturated rings. The van der Waals surface area contributed by atoms with Gasteiger partial charge in [-0.05, 0) is 30.9 Å². The molecule has 0 aliphatic heterocycles. The zero-order valence-electron chi connectivity index (χ0n) is 11.8. The average Bonchev–Trinajstić information content (AvgIpc) is 2.43. The van der Waals surface area contributed by atoms with E-state index < -0.39 is 0 Å². The van der Waals surface area contributed by atoms with Gasteiger partial charge in [0, 0.05) is 19.2 Å². The standard InChI is InChI=1S/C15H22FNO3/c1-12(11-18)4-3-8-17-15(19)7-9-20-14-6-2-5-13(16)10-14/h2,5-6,10,12,18H,3-4,7-9,11H2,1H3,(H,17,19). The first-order chi connectivity index (χ1) is 9.61. The summed E-state index contributed by atoms with van der Waals surface area (Å²) in [5, 5.41) is 11.6. The van der Waals surface area contributed by atoms with Crippen LogP contribution in [0.1, 0.15) is 26.2 Å². The molecule has 1 aromatic rings. The molecule has 0 heterocycles. The minimum atomic E-state index is -0.357. The number of nitrogens with one attached hydrogen (secondary N) is 1. The van der Waals surface area contributed by atoms with E-state index in [1.165, 1.54) is 12.1 Å². The van der Waals surface area contributed by atoms with E-state index in [2.05, 4.69) is 5.32 Å². The Morgan fingerprint density at radius 3 is 3.00 bits per heavy atom. The van der Waals surface area contributed by atoms with Crippen LogP contribution in [0.2, 0.25) is 0 Å². The molecular weight excluding hydrogens is 261 g/mol. The van der Waals surface area contributed by atoms with Crippen molar-refractivity contribution >= 4 is 5.91 Å². The van der Waals surface area contributed by atoms with Crippen molar-refractivity contribution in [2.24, 2.45) is 5.92 Å². The SMILES string of the molecule is CC(CO)CCCNC(=O)CCOc1cccc(F)c1. The van der Waals surface area contributed by atoms with Gasteiger partial charge >= 0.3 is 0 Å². The van der Waals surface area contributed by atoms with E-state index >= 15 is 0 Å². The van der Waals surface area contributed by atoms with Gasteiger partial charge in [0.1, 0.15) is 11.6 Å². The second-order valence-electron chi connectivity index (χ2n) is 4.84. The van der Waals surface area contributed by atoms with Crippen molar-refractivity contribution in [1.29, 1.82) is 0 Å². The predicted octanol–water partition coefficient (Wildman–Crippen LogP) is 2.12. The maximum absolute atomic E-state index is 12.9. The summed E-state index contributed by atoms with van der Waals surface area (Å²) >= 11 is 0. The number of carbonyl (C=O) groups excluding carboxylic acids is 1. The van der Waals surface area contributed by atoms with Gasteiger partial charge in [-0.3, -0.25) is 4.79 Å². The third-order valence-electron chi connectivity index (χ3n) is 2.90. The molecular formula is C15H22FNO3. The summed E-state index contributed by atoms with van der Waals surface area (Å²) in [6.07, 6.45) is 1.97. The van der Waals surface area contributed by atoms with Crippen LogP contribution in [0.5, 0.6) is 5.75 Å². The Labute approximate surface area is 119 Å². The van der Waals surface area contributed by atoms with Gasteiger partial charge in [-0.2, -0.15) is 0 Å². The predicted molar refractivity (Wildman–Crippen MR) is 75.0 cm³/mol. The maximum atomic E-state index is 12.9. The van der Waals surface area contributed by atoms with Gasteiger partial charge in [-0.15, -0.1) is 0 Å². The monoisotopic (exact) mass is 283 g/mol. The Kier molecular flexibility index (Phi) is 7.65. The number of aliphatic hydroxyl groups excluding tert-OH is 1. The van der Waals surface area contributed by atoms with Crippen molar-refractivity contribution in [3.05, 3.63) is 30.1 Å². The van der Waals surface area contributed by atoms with Crippen LogP contribution >= 0.6 is 0 Å². The summed E-state index contributed by atoms with van der Waals surface area (Å²) in [4.78, 5) is 11.5. The summed E-state index contributed by atoms with van der Waals surface area (Å²) in [6, 6.07) is 5.84. The number of rotatable bonds is 9. The summed E-state index contributed by atoms with van der Waals surface area (Å²) in [7, 11) is 0. The smallest absolute Gasteiger partial charge is 0.223 e. The molecule has 1 rings (SSSR count). The van der Waals surface area contributed by atoms with Gasteiger partial charge in [0.15, 0.2) is 0 Å². The largest absolute Gasteiger partial charge is 0.493 e. The molecule has 0 radical (unpaired) electrons. The molecule has 112 valence electrons. The van der Waals surface area contributed by atoms with Gasteiger partial charge in [-0.25, -0.2) is 4.39 Å². The molecule has 4 nitrogen and oxygen atoms in total. The topological polar surface area (TPSA) is 58.6 Å². The lowest BCUT2D eigenvalue weighted by molar-refractivity contribution is -0.121. The quantitative estimate of drug-likeness (QED) is 0.682. The van der Waals surface area contributed by atoms with Crippen LogP contribution in [-0.2, 0) is 4.79 Å². The fourth-order valence-electron chi connectivity index (χ4n) is 1.68. The molecule has 0 bridgehead atoms. The molecule has 20 heavy (non-hydrogen) atoms. The fraction of sp³-hybridized carbons (Fsp3) is 0.533. The summed E-state index contributed by atoms with van der Waals surface area (Å²) in [5.41, 5.74) is 0. The van der Waals surface area contributed by atoms with Crippen LogP contribution in [0.3, 0.4) is 0 Å². The van der Waals surface area contributed by atoms with Crippen molar-refractivity contribution in [1.82, 2.24) is 5.32 Å². The third kappa shape index (κ3) is 7.09. The Hall–Kier alpha value is -1.62. The van der Waals surface area contributed by atoms with Crippen LogP contribution in [0.25, 0.3) is 0 Å². The number of amides is 1. The first-order valence-corrected chi connectivity index (χ1v) is 6.87. The molecule has 1 aromatic carbocycles. The van der Waals surface area contributed by atoms with Crippen LogP contribution in [0.4, 0.5) is 4.39 Å². The van der Waals surface area contributed by atoms with Crippen molar-refractivity contribution in [2.75, 3.05) is 19.8 Å². The zero-order chi connectivity index (χ0) is 14.8. The molecule has 5 heteroatoms. The van der Waals surface area contributed by atoms with E-state index in [9.17, 15) is 9.18 Å². The van der Waals surface area contributed by atoms with Crippen LogP contribution in [0, 0.1) is 11.7 Å². The molecule has 0 aromatic heterocycles. The average molecular weight is 283 g/mol. The highest BCUT2D eigenvalue weighted by Gasteiger charge is 2.03. The number of benzene rings is 1. The minimum Gasteiger partial charge on any atom is -0.493 e. The van der Waals surface area contributed by atoms with E-state index in [-0.39, 0.29) is 37.3 Å². The van der Waals surface area contributed by atoms with E-state index in [1.54, 1.807) is 12.1 Å². The second kappa shape index (κ2) is 9.31. The second-order valence-corrected chi connectivity index (χ2v) is 4.84. The Bertz CT molecular complexity index is 412. The highest BCUT2D eigenvalue weighted by molar-refractivity contribution is 5.75. The van der Waals surface area contributed by atoms with E-state index in [0.717, 1.165) is 12.8 Å². The third-order valence-corrected chi connectivity index (χ3v) is 2.90. The number of carbonyl (C=O) groups is 1. The lowest BCUT2D eigenvalue weighted by atomic mass is 10.1. The Morgan fingerprint density at radius 2 is 2.30 bits per heavy atom. The van der Waals surface area contributed by atoms with Crippen molar-refractivity contribution < 1.29 is 19.0 Å². The van der Waals surface area contributed by atoms with Gasteiger partial charge in [0.2, 0.25) is 5.91 Å². The molecule has 0 saturated carbocycles. The summed E-state index contributed by atoms with van der Waals surface area (Å²) in [6.45, 7) is 2.97. The van der Waals surface area contributed by atoms with Gasteiger partial charge < -0.3 is 15.2 Å². The molecule has 1 atom stereocenters. The van der Waals surface area contributed by atoms with E-state index in [0.29, 0.717) is 12.3 Å². The number of halogens is 1. The van der Waals surface area contributed by atoms with E-state index in [1.807, 2.05) is 6.92 Å². The van der Waals surface area contributed by atoms with Crippen LogP contribution in [0.15, 0.2) is 24.3 Å². The Balaban J connectivity index is 2.08. The van der Waals surface area contributed by atoms with Crippen LogP contribution < -0.4 is 10.1 Å². The van der Waals surface area contributed by atoms with E-state index in [4.69, 9.17) is 9.84 Å². The molecule has 0 aliphatic carbocycles. The number of hydrogen-bond donors (Lipinski definition) is 2. The van der Waals surface area contributed by atoms with Crippen LogP contribution in [-0.4, -0.2) is 30.8 Å². The number of aliphatic hydroxyl groups is 1. The summed E-state index contributed by atoms with van der Waals surface area (Å²) in [5.74, 6) is 0.251. The summed E-state index contributed by atoms with van der Waals surface area (Å²) < 4.78 is 18.2. The molecule has 0 spiro atoms. The molecule has 0 saturated heterocycles. The number of ether oxygens (including phenoxy) is 1. The van der Waals surface area contributed by atoms with Crippen molar-refractivity contribution in [3.8, 4) is 5.75 Å². The lowest BCUT2D eigenvalue weighted by Crippen LogP contribution is -2.26. The van der Waals surface area contributed by atoms with Gasteiger partial charge in [0.25, 0.3) is 0 Å². The molecule has 1 amide bonds. The molecule has 2 N–H and O–H groups in total. The highest BCUT2D eigenvalue weighted by atomic mass is 19.1. The van der Waals surface area contributed by atoms with Crippen molar-refractivity contribution in [3.63, 3.8) is 0 Å². The van der Waals surface area contributed by atoms with Gasteiger partial charge in [-0.1, -0.05) is 13.0 Å². The Morgan fingerprint density at radius 1 is 1.50 bits per heavy atom. The maximum Gasteiger partial charge on any atom is 0.223 e.